The van der Waals surface area contributed by atoms with Gasteiger partial charge in [0.1, 0.15) is 0 Å². The van der Waals surface area contributed by atoms with Gasteiger partial charge in [-0.3, -0.25) is 4.90 Å². The van der Waals surface area contributed by atoms with Crippen LogP contribution in [-0.2, 0) is 4.74 Å². The van der Waals surface area contributed by atoms with Crippen LogP contribution in [0.4, 0.5) is 0 Å². The Morgan fingerprint density at radius 3 is 2.73 bits per heavy atom. The van der Waals surface area contributed by atoms with E-state index in [1.807, 2.05) is 0 Å². The standard InChI is InChI=1S/C12H22N2O/c1-2-10(1)7-13-8-12-9-14(5-6-15-12)11-3-4-11/h10-13H,1-9H2. The first-order chi connectivity index (χ1) is 7.42. The highest BCUT2D eigenvalue weighted by molar-refractivity contribution is 4.88. The summed E-state index contributed by atoms with van der Waals surface area (Å²) < 4.78 is 5.78. The van der Waals surface area contributed by atoms with Crippen LogP contribution in [0, 0.1) is 5.92 Å². The van der Waals surface area contributed by atoms with E-state index >= 15 is 0 Å². The maximum Gasteiger partial charge on any atom is 0.0826 e. The molecule has 1 N–H and O–H groups in total. The maximum absolute atomic E-state index is 5.78. The predicted molar refractivity (Wildman–Crippen MR) is 59.9 cm³/mol. The minimum atomic E-state index is 0.443. The fourth-order valence-corrected chi connectivity index (χ4v) is 2.41. The van der Waals surface area contributed by atoms with Crippen LogP contribution < -0.4 is 5.32 Å². The Bertz CT molecular complexity index is 214. The summed E-state index contributed by atoms with van der Waals surface area (Å²) in [6.07, 6.45) is 6.15. The number of hydrogen-bond acceptors (Lipinski definition) is 3. The summed E-state index contributed by atoms with van der Waals surface area (Å²) in [5.74, 6) is 0.980. The Kier molecular flexibility index (Phi) is 2.95. The number of rotatable bonds is 5. The zero-order chi connectivity index (χ0) is 10.1. The van der Waals surface area contributed by atoms with Crippen LogP contribution in [0.5, 0.6) is 0 Å². The molecule has 0 aromatic heterocycles. The van der Waals surface area contributed by atoms with Crippen molar-refractivity contribution in [1.29, 1.82) is 0 Å². The molecule has 2 saturated carbocycles. The summed E-state index contributed by atoms with van der Waals surface area (Å²) in [6, 6.07) is 0.903. The molecule has 1 atom stereocenters. The SMILES string of the molecule is C1CN(C2CC2)CC(CNCC2CC2)O1. The third kappa shape index (κ3) is 2.92. The van der Waals surface area contributed by atoms with Gasteiger partial charge in [-0.05, 0) is 38.1 Å². The topological polar surface area (TPSA) is 24.5 Å². The molecule has 0 aromatic carbocycles. The van der Waals surface area contributed by atoms with Gasteiger partial charge in [0.2, 0.25) is 0 Å². The second kappa shape index (κ2) is 4.40. The minimum Gasteiger partial charge on any atom is -0.374 e. The zero-order valence-electron chi connectivity index (χ0n) is 9.45. The summed E-state index contributed by atoms with van der Waals surface area (Å²) in [5.41, 5.74) is 0. The van der Waals surface area contributed by atoms with Crippen molar-refractivity contribution in [3.63, 3.8) is 0 Å². The van der Waals surface area contributed by atoms with Crippen LogP contribution in [0.2, 0.25) is 0 Å². The third-order valence-corrected chi connectivity index (χ3v) is 3.74. The summed E-state index contributed by atoms with van der Waals surface area (Å²) in [7, 11) is 0. The van der Waals surface area contributed by atoms with Gasteiger partial charge in [0, 0.05) is 25.7 Å². The van der Waals surface area contributed by atoms with E-state index in [1.54, 1.807) is 0 Å². The van der Waals surface area contributed by atoms with Gasteiger partial charge in [-0.15, -0.1) is 0 Å². The van der Waals surface area contributed by atoms with Crippen molar-refractivity contribution in [2.75, 3.05) is 32.8 Å². The second-order valence-electron chi connectivity index (χ2n) is 5.32. The zero-order valence-corrected chi connectivity index (χ0v) is 9.45. The van der Waals surface area contributed by atoms with Crippen LogP contribution in [0.1, 0.15) is 25.7 Å². The second-order valence-corrected chi connectivity index (χ2v) is 5.32. The number of hydrogen-bond donors (Lipinski definition) is 1. The van der Waals surface area contributed by atoms with E-state index in [0.29, 0.717) is 6.10 Å². The predicted octanol–water partition coefficient (Wildman–Crippen LogP) is 0.849. The van der Waals surface area contributed by atoms with Crippen molar-refractivity contribution >= 4 is 0 Å². The van der Waals surface area contributed by atoms with Gasteiger partial charge in [0.25, 0.3) is 0 Å². The van der Waals surface area contributed by atoms with E-state index in [-0.39, 0.29) is 0 Å². The van der Waals surface area contributed by atoms with Crippen molar-refractivity contribution in [2.24, 2.45) is 5.92 Å². The average molecular weight is 210 g/mol. The molecule has 0 radical (unpaired) electrons. The summed E-state index contributed by atoms with van der Waals surface area (Å²) in [4.78, 5) is 2.62. The van der Waals surface area contributed by atoms with Gasteiger partial charge in [0.15, 0.2) is 0 Å². The van der Waals surface area contributed by atoms with Gasteiger partial charge in [-0.1, -0.05) is 0 Å². The molecule has 3 aliphatic rings. The smallest absolute Gasteiger partial charge is 0.0826 e. The van der Waals surface area contributed by atoms with Gasteiger partial charge >= 0.3 is 0 Å². The molecule has 0 bridgehead atoms. The lowest BCUT2D eigenvalue weighted by Gasteiger charge is -2.33. The van der Waals surface area contributed by atoms with Crippen LogP contribution in [-0.4, -0.2) is 49.8 Å². The third-order valence-electron chi connectivity index (χ3n) is 3.74. The quantitative estimate of drug-likeness (QED) is 0.728. The number of nitrogens with one attached hydrogen (secondary N) is 1. The Labute approximate surface area is 92.2 Å². The first kappa shape index (κ1) is 10.1. The van der Waals surface area contributed by atoms with Crippen LogP contribution in [0.15, 0.2) is 0 Å². The molecule has 3 rings (SSSR count). The lowest BCUT2D eigenvalue weighted by atomic mass is 10.2. The molecule has 3 heteroatoms. The van der Waals surface area contributed by atoms with Crippen molar-refractivity contribution in [1.82, 2.24) is 10.2 Å². The highest BCUT2D eigenvalue weighted by Crippen LogP contribution is 2.29. The van der Waals surface area contributed by atoms with Crippen LogP contribution >= 0.6 is 0 Å². The van der Waals surface area contributed by atoms with E-state index in [0.717, 1.165) is 38.2 Å². The van der Waals surface area contributed by atoms with E-state index in [4.69, 9.17) is 4.74 Å². The van der Waals surface area contributed by atoms with E-state index < -0.39 is 0 Å². The van der Waals surface area contributed by atoms with Crippen LogP contribution in [0.25, 0.3) is 0 Å². The van der Waals surface area contributed by atoms with Gasteiger partial charge in [-0.25, -0.2) is 0 Å². The van der Waals surface area contributed by atoms with E-state index in [1.165, 1.54) is 32.2 Å². The van der Waals surface area contributed by atoms with Crippen molar-refractivity contribution in [3.05, 3.63) is 0 Å². The van der Waals surface area contributed by atoms with Crippen molar-refractivity contribution in [2.45, 2.75) is 37.8 Å². The lowest BCUT2D eigenvalue weighted by Crippen LogP contribution is -2.47. The fourth-order valence-electron chi connectivity index (χ4n) is 2.41. The minimum absolute atomic E-state index is 0.443. The van der Waals surface area contributed by atoms with Crippen LogP contribution in [0.3, 0.4) is 0 Å². The maximum atomic E-state index is 5.78. The largest absolute Gasteiger partial charge is 0.374 e. The Morgan fingerprint density at radius 2 is 2.00 bits per heavy atom. The molecule has 3 nitrogen and oxygen atoms in total. The van der Waals surface area contributed by atoms with Gasteiger partial charge in [-0.2, -0.15) is 0 Å². The van der Waals surface area contributed by atoms with Crippen molar-refractivity contribution in [3.8, 4) is 0 Å². The van der Waals surface area contributed by atoms with E-state index in [9.17, 15) is 0 Å². The number of ether oxygens (including phenoxy) is 1. The summed E-state index contributed by atoms with van der Waals surface area (Å²) in [5, 5.41) is 3.55. The average Bonchev–Trinajstić information content (AvgIpc) is 3.13. The molecule has 1 aliphatic heterocycles. The monoisotopic (exact) mass is 210 g/mol. The summed E-state index contributed by atoms with van der Waals surface area (Å²) in [6.45, 7) is 5.52. The molecule has 1 unspecified atom stereocenters. The molecule has 3 fully saturated rings. The molecule has 86 valence electrons. The molecule has 0 spiro atoms. The van der Waals surface area contributed by atoms with E-state index in [2.05, 4.69) is 10.2 Å². The fraction of sp³-hybridized carbons (Fsp3) is 1.00. The molecule has 0 amide bonds. The molecule has 15 heavy (non-hydrogen) atoms. The lowest BCUT2D eigenvalue weighted by molar-refractivity contribution is -0.0300. The highest BCUT2D eigenvalue weighted by Gasteiger charge is 2.32. The Balaban J connectivity index is 1.36. The number of nitrogens with zero attached hydrogens (tertiary/aromatic N) is 1. The summed E-state index contributed by atoms with van der Waals surface area (Å²) >= 11 is 0. The van der Waals surface area contributed by atoms with Crippen molar-refractivity contribution < 1.29 is 4.74 Å². The molecule has 2 aliphatic carbocycles. The van der Waals surface area contributed by atoms with Gasteiger partial charge in [0.05, 0.1) is 12.7 Å². The molecular weight excluding hydrogens is 188 g/mol. The highest BCUT2D eigenvalue weighted by atomic mass is 16.5. The first-order valence-corrected chi connectivity index (χ1v) is 6.48. The molecule has 1 heterocycles. The molecule has 0 aromatic rings. The Hall–Kier alpha value is -0.120. The normalized spacial score (nSPS) is 33.2. The number of morpholine rings is 1. The molecule has 1 saturated heterocycles. The first-order valence-electron chi connectivity index (χ1n) is 6.48. The Morgan fingerprint density at radius 1 is 1.13 bits per heavy atom. The molecular formula is C12H22N2O. The van der Waals surface area contributed by atoms with Gasteiger partial charge < -0.3 is 10.1 Å².